The number of halogens is 1. The number of anilines is 2. The fourth-order valence-corrected chi connectivity index (χ4v) is 3.34. The lowest BCUT2D eigenvalue weighted by Crippen LogP contribution is -2.38. The van der Waals surface area contributed by atoms with Gasteiger partial charge in [-0.2, -0.15) is 0 Å². The van der Waals surface area contributed by atoms with Crippen molar-refractivity contribution in [1.82, 2.24) is 9.88 Å². The van der Waals surface area contributed by atoms with Crippen molar-refractivity contribution in [2.24, 2.45) is 5.92 Å². The Kier molecular flexibility index (Phi) is 4.55. The molecule has 4 rings (SSSR count). The number of likely N-dealkylation sites (tertiary alicyclic amines) is 1. The third kappa shape index (κ3) is 3.40. The van der Waals surface area contributed by atoms with Gasteiger partial charge in [0.05, 0.1) is 11.6 Å². The number of aromatic nitrogens is 1. The van der Waals surface area contributed by atoms with Crippen LogP contribution in [0.2, 0.25) is 5.02 Å². The molecule has 1 aliphatic rings. The van der Waals surface area contributed by atoms with Gasteiger partial charge in [0.1, 0.15) is 17.1 Å². The molecule has 26 heavy (non-hydrogen) atoms. The summed E-state index contributed by atoms with van der Waals surface area (Å²) in [6.07, 6.45) is 3.67. The van der Waals surface area contributed by atoms with Crippen LogP contribution in [-0.4, -0.2) is 28.9 Å². The third-order valence-corrected chi connectivity index (χ3v) is 5.10. The maximum atomic E-state index is 12.9. The number of furan rings is 1. The highest BCUT2D eigenvalue weighted by Crippen LogP contribution is 2.28. The Labute approximate surface area is 157 Å². The van der Waals surface area contributed by atoms with Crippen molar-refractivity contribution in [3.05, 3.63) is 53.4 Å². The van der Waals surface area contributed by atoms with E-state index < -0.39 is 0 Å². The van der Waals surface area contributed by atoms with Crippen LogP contribution in [0.4, 0.5) is 11.5 Å². The molecule has 1 amide bonds. The number of benzene rings is 1. The Hall–Kier alpha value is -2.53. The number of hydrogen-bond donors (Lipinski definition) is 1. The van der Waals surface area contributed by atoms with Crippen molar-refractivity contribution in [3.8, 4) is 0 Å². The standard InChI is InChI=1S/C20H20ClN3O2/c1-13-6-9-24(10-7-13)20(25)17-12-18-16(8-11-26-18)19(23-17)22-15-4-2-14(21)3-5-15/h2-5,8,11-13H,6-7,9-10H2,1H3,(H,22,23). The maximum Gasteiger partial charge on any atom is 0.272 e. The van der Waals surface area contributed by atoms with E-state index in [0.717, 1.165) is 37.0 Å². The molecule has 0 saturated carbocycles. The summed E-state index contributed by atoms with van der Waals surface area (Å²) in [5, 5.41) is 4.77. The minimum Gasteiger partial charge on any atom is -0.464 e. The molecule has 0 unspecified atom stereocenters. The number of pyridine rings is 1. The third-order valence-electron chi connectivity index (χ3n) is 4.85. The molecule has 134 valence electrons. The molecule has 6 heteroatoms. The molecule has 5 nitrogen and oxygen atoms in total. The van der Waals surface area contributed by atoms with Gasteiger partial charge < -0.3 is 14.6 Å². The summed E-state index contributed by atoms with van der Waals surface area (Å²) in [5.74, 6) is 1.23. The smallest absolute Gasteiger partial charge is 0.272 e. The molecule has 0 radical (unpaired) electrons. The molecule has 1 fully saturated rings. The van der Waals surface area contributed by atoms with Crippen LogP contribution in [0.25, 0.3) is 11.0 Å². The van der Waals surface area contributed by atoms with Gasteiger partial charge in [-0.3, -0.25) is 4.79 Å². The van der Waals surface area contributed by atoms with Crippen LogP contribution in [0, 0.1) is 5.92 Å². The summed E-state index contributed by atoms with van der Waals surface area (Å²) in [4.78, 5) is 19.4. The van der Waals surface area contributed by atoms with Gasteiger partial charge in [0.15, 0.2) is 0 Å². The van der Waals surface area contributed by atoms with Crippen LogP contribution in [-0.2, 0) is 0 Å². The van der Waals surface area contributed by atoms with Crippen molar-refractivity contribution < 1.29 is 9.21 Å². The second-order valence-corrected chi connectivity index (χ2v) is 7.23. The van der Waals surface area contributed by atoms with Gasteiger partial charge in [-0.1, -0.05) is 18.5 Å². The van der Waals surface area contributed by atoms with E-state index in [0.29, 0.717) is 28.0 Å². The monoisotopic (exact) mass is 369 g/mol. The number of hydrogen-bond acceptors (Lipinski definition) is 4. The van der Waals surface area contributed by atoms with E-state index in [-0.39, 0.29) is 5.91 Å². The SMILES string of the molecule is CC1CCN(C(=O)c2cc3occc3c(Nc3ccc(Cl)cc3)n2)CC1. The topological polar surface area (TPSA) is 58.4 Å². The van der Waals surface area contributed by atoms with Crippen molar-refractivity contribution in [2.45, 2.75) is 19.8 Å². The van der Waals surface area contributed by atoms with E-state index in [1.807, 2.05) is 23.1 Å². The Bertz CT molecular complexity index is 928. The largest absolute Gasteiger partial charge is 0.464 e. The highest BCUT2D eigenvalue weighted by atomic mass is 35.5. The molecule has 1 saturated heterocycles. The zero-order valence-electron chi connectivity index (χ0n) is 14.5. The normalized spacial score (nSPS) is 15.4. The van der Waals surface area contributed by atoms with Crippen LogP contribution >= 0.6 is 11.6 Å². The van der Waals surface area contributed by atoms with E-state index in [1.165, 1.54) is 0 Å². The fourth-order valence-electron chi connectivity index (χ4n) is 3.21. The van der Waals surface area contributed by atoms with Gasteiger partial charge in [-0.25, -0.2) is 4.98 Å². The van der Waals surface area contributed by atoms with Gasteiger partial charge in [0, 0.05) is 29.9 Å². The maximum absolute atomic E-state index is 12.9. The van der Waals surface area contributed by atoms with Crippen LogP contribution in [0.15, 0.2) is 47.1 Å². The first-order chi connectivity index (χ1) is 12.6. The zero-order valence-corrected chi connectivity index (χ0v) is 15.3. The highest BCUT2D eigenvalue weighted by molar-refractivity contribution is 6.30. The summed E-state index contributed by atoms with van der Waals surface area (Å²) in [7, 11) is 0. The van der Waals surface area contributed by atoms with E-state index in [9.17, 15) is 4.79 Å². The predicted octanol–water partition coefficient (Wildman–Crippen LogP) is 5.10. The van der Waals surface area contributed by atoms with Gasteiger partial charge in [0.2, 0.25) is 0 Å². The van der Waals surface area contributed by atoms with Gasteiger partial charge in [-0.15, -0.1) is 0 Å². The molecule has 3 heterocycles. The number of carbonyl (C=O) groups excluding carboxylic acids is 1. The first kappa shape index (κ1) is 16.9. The van der Waals surface area contributed by atoms with E-state index in [4.69, 9.17) is 16.0 Å². The van der Waals surface area contributed by atoms with Crippen molar-refractivity contribution >= 4 is 40.0 Å². The zero-order chi connectivity index (χ0) is 18.1. The summed E-state index contributed by atoms with van der Waals surface area (Å²) < 4.78 is 5.54. The lowest BCUT2D eigenvalue weighted by molar-refractivity contribution is 0.0691. The summed E-state index contributed by atoms with van der Waals surface area (Å²) >= 11 is 5.95. The summed E-state index contributed by atoms with van der Waals surface area (Å²) in [6.45, 7) is 3.78. The molecule has 1 aromatic carbocycles. The molecule has 0 atom stereocenters. The molecule has 1 N–H and O–H groups in total. The number of nitrogens with zero attached hydrogens (tertiary/aromatic N) is 2. The number of fused-ring (bicyclic) bond motifs is 1. The summed E-state index contributed by atoms with van der Waals surface area (Å²) in [5.41, 5.74) is 1.89. The molecule has 0 spiro atoms. The number of piperidine rings is 1. The molecular formula is C20H20ClN3O2. The average Bonchev–Trinajstić information content (AvgIpc) is 3.12. The van der Waals surface area contributed by atoms with Gasteiger partial charge >= 0.3 is 0 Å². The van der Waals surface area contributed by atoms with Crippen molar-refractivity contribution in [1.29, 1.82) is 0 Å². The number of carbonyl (C=O) groups is 1. The molecule has 0 bridgehead atoms. The fraction of sp³-hybridized carbons (Fsp3) is 0.300. The van der Waals surface area contributed by atoms with E-state index in [2.05, 4.69) is 17.2 Å². The number of rotatable bonds is 3. The van der Waals surface area contributed by atoms with E-state index in [1.54, 1.807) is 24.5 Å². The van der Waals surface area contributed by atoms with Crippen LogP contribution in [0.3, 0.4) is 0 Å². The molecular weight excluding hydrogens is 350 g/mol. The van der Waals surface area contributed by atoms with Crippen LogP contribution in [0.5, 0.6) is 0 Å². The van der Waals surface area contributed by atoms with Crippen LogP contribution in [0.1, 0.15) is 30.3 Å². The Morgan fingerprint density at radius 2 is 1.96 bits per heavy atom. The first-order valence-electron chi connectivity index (χ1n) is 8.80. The number of nitrogens with one attached hydrogen (secondary N) is 1. The Morgan fingerprint density at radius 3 is 2.69 bits per heavy atom. The quantitative estimate of drug-likeness (QED) is 0.698. The second-order valence-electron chi connectivity index (χ2n) is 6.80. The summed E-state index contributed by atoms with van der Waals surface area (Å²) in [6, 6.07) is 10.9. The lowest BCUT2D eigenvalue weighted by atomic mass is 9.99. The minimum atomic E-state index is -0.0469. The molecule has 2 aromatic heterocycles. The molecule has 1 aliphatic heterocycles. The van der Waals surface area contributed by atoms with Gasteiger partial charge in [0.25, 0.3) is 5.91 Å². The molecule has 0 aliphatic carbocycles. The highest BCUT2D eigenvalue weighted by Gasteiger charge is 2.23. The minimum absolute atomic E-state index is 0.0469. The predicted molar refractivity (Wildman–Crippen MR) is 103 cm³/mol. The van der Waals surface area contributed by atoms with Crippen molar-refractivity contribution in [2.75, 3.05) is 18.4 Å². The second kappa shape index (κ2) is 7.00. The average molecular weight is 370 g/mol. The van der Waals surface area contributed by atoms with Crippen LogP contribution < -0.4 is 5.32 Å². The lowest BCUT2D eigenvalue weighted by Gasteiger charge is -2.30. The van der Waals surface area contributed by atoms with E-state index >= 15 is 0 Å². The van der Waals surface area contributed by atoms with Gasteiger partial charge in [-0.05, 0) is 49.1 Å². The Balaban J connectivity index is 1.66. The number of amides is 1. The first-order valence-corrected chi connectivity index (χ1v) is 9.18. The van der Waals surface area contributed by atoms with Crippen molar-refractivity contribution in [3.63, 3.8) is 0 Å². The Morgan fingerprint density at radius 1 is 1.23 bits per heavy atom. The molecule has 3 aromatic rings.